The van der Waals surface area contributed by atoms with Gasteiger partial charge in [-0.25, -0.2) is 19.6 Å². The minimum Gasteiger partial charge on any atom is -0.465 e. The van der Waals surface area contributed by atoms with Gasteiger partial charge in [0, 0.05) is 79.4 Å². The molecule has 9 rings (SSSR count). The number of carbonyl (C=O) groups excluding carboxylic acids is 2. The van der Waals surface area contributed by atoms with Crippen LogP contribution >= 0.6 is 0 Å². The van der Waals surface area contributed by atoms with Crippen molar-refractivity contribution in [2.24, 2.45) is 0 Å². The predicted octanol–water partition coefficient (Wildman–Crippen LogP) is 18.7. The fraction of sp³-hybridized carbons (Fsp3) is 0.306. The van der Waals surface area contributed by atoms with Crippen LogP contribution in [0.15, 0.2) is 121 Å². The molecule has 5 heterocycles. The number of aromatic nitrogens is 4. The van der Waals surface area contributed by atoms with Crippen LogP contribution in [0.4, 0.5) is 0 Å². The van der Waals surface area contributed by atoms with E-state index >= 15 is 0 Å². The first-order valence-corrected chi connectivity index (χ1v) is 29.1. The van der Waals surface area contributed by atoms with Gasteiger partial charge in [0.15, 0.2) is 0 Å². The van der Waals surface area contributed by atoms with E-state index in [1.807, 2.05) is 72.8 Å². The second-order valence-corrected chi connectivity index (χ2v) is 20.8. The lowest BCUT2D eigenvalue weighted by Crippen LogP contribution is -2.04. The Bertz CT molecular complexity index is 3420. The molecule has 8 nitrogen and oxygen atoms in total. The lowest BCUT2D eigenvalue weighted by Gasteiger charge is -2.10. The quantitative estimate of drug-likeness (QED) is 0.0397. The minimum absolute atomic E-state index is 0.415. The van der Waals surface area contributed by atoms with Gasteiger partial charge in [-0.3, -0.25) is 0 Å². The summed E-state index contributed by atoms with van der Waals surface area (Å²) in [4.78, 5) is 45.7. The van der Waals surface area contributed by atoms with Gasteiger partial charge in [0.2, 0.25) is 0 Å². The molecule has 0 radical (unpaired) electrons. The van der Waals surface area contributed by atoms with Crippen molar-refractivity contribution in [2.75, 3.05) is 14.2 Å². The largest absolute Gasteiger partial charge is 0.465 e. The topological polar surface area (TPSA) is 110 Å². The van der Waals surface area contributed by atoms with Crippen LogP contribution in [0.25, 0.3) is 90.9 Å². The fourth-order valence-electron chi connectivity index (χ4n) is 10.8. The second kappa shape index (κ2) is 28.4. The van der Waals surface area contributed by atoms with Gasteiger partial charge < -0.3 is 19.4 Å². The van der Waals surface area contributed by atoms with Crippen LogP contribution in [0.2, 0.25) is 0 Å². The molecule has 0 fully saturated rings. The third kappa shape index (κ3) is 13.9. The number of rotatable bonds is 22. The van der Waals surface area contributed by atoms with E-state index in [0.717, 1.165) is 92.3 Å². The molecule has 0 atom stereocenters. The molecule has 0 unspecified atom stereocenters. The molecule has 3 aromatic heterocycles. The van der Waals surface area contributed by atoms with Crippen LogP contribution in [0.3, 0.4) is 0 Å². The number of hydrogen-bond acceptors (Lipinski definition) is 6. The highest BCUT2D eigenvalue weighted by Gasteiger charge is 2.23. The zero-order valence-electron chi connectivity index (χ0n) is 47.1. The number of methoxy groups -OCH3 is 2. The maximum absolute atomic E-state index is 13.6. The third-order valence-electron chi connectivity index (χ3n) is 15.1. The number of esters is 2. The molecule has 4 aromatic carbocycles. The summed E-state index contributed by atoms with van der Waals surface area (Å²) in [6.07, 6.45) is 30.2. The van der Waals surface area contributed by atoms with E-state index in [0.29, 0.717) is 45.0 Å². The number of nitrogens with one attached hydrogen (secondary N) is 2. The summed E-state index contributed by atoms with van der Waals surface area (Å²) in [5.74, 6) is 12.8. The van der Waals surface area contributed by atoms with Gasteiger partial charge in [-0.05, 0) is 109 Å². The SMILES string of the molecule is CCCCCCCCCCC#Cc1ccc(-c2c3nc(c(-c4ccccc4C(=O)OC)c4ccc([nH]4)c(-c4ccc(C#CCCCCCCCCCC)cc4)c4nc(c(-c5ccccc5C(=O)OC)c5ccc2[nH]5)C=C4)C=C3)cc1. The van der Waals surface area contributed by atoms with Crippen LogP contribution in [0, 0.1) is 23.7 Å². The summed E-state index contributed by atoms with van der Waals surface area (Å²) < 4.78 is 10.7. The molecule has 2 N–H and O–H groups in total. The molecule has 2 aliphatic rings. The molecule has 0 aliphatic carbocycles. The summed E-state index contributed by atoms with van der Waals surface area (Å²) in [6.45, 7) is 4.52. The summed E-state index contributed by atoms with van der Waals surface area (Å²) >= 11 is 0. The van der Waals surface area contributed by atoms with Crippen LogP contribution in [0.5, 0.6) is 0 Å². The Morgan fingerprint density at radius 1 is 0.400 bits per heavy atom. The average Bonchev–Trinajstić information content (AvgIpc) is 4.44. The molecule has 2 aliphatic heterocycles. The number of unbranched alkanes of at least 4 members (excludes halogenated alkanes) is 16. The molecule has 0 saturated carbocycles. The molecule has 0 saturated heterocycles. The van der Waals surface area contributed by atoms with Crippen LogP contribution in [0.1, 0.15) is 184 Å². The smallest absolute Gasteiger partial charge is 0.338 e. The zero-order valence-corrected chi connectivity index (χ0v) is 47.1. The molecule has 80 heavy (non-hydrogen) atoms. The maximum Gasteiger partial charge on any atom is 0.338 e. The highest BCUT2D eigenvalue weighted by molar-refractivity contribution is 6.06. The Labute approximate surface area is 473 Å². The van der Waals surface area contributed by atoms with E-state index in [-0.39, 0.29) is 0 Å². The van der Waals surface area contributed by atoms with Crippen molar-refractivity contribution >= 4 is 58.3 Å². The first-order valence-electron chi connectivity index (χ1n) is 29.1. The predicted molar refractivity (Wildman–Crippen MR) is 331 cm³/mol. The molecule has 0 spiro atoms. The molecule has 0 amide bonds. The third-order valence-corrected chi connectivity index (χ3v) is 15.1. The van der Waals surface area contributed by atoms with E-state index in [1.54, 1.807) is 12.1 Å². The van der Waals surface area contributed by atoms with Gasteiger partial charge in [-0.15, -0.1) is 0 Å². The molecule has 7 aromatic rings. The number of hydrogen-bond donors (Lipinski definition) is 2. The second-order valence-electron chi connectivity index (χ2n) is 20.8. The van der Waals surface area contributed by atoms with E-state index in [9.17, 15) is 9.59 Å². The Morgan fingerprint density at radius 3 is 1.09 bits per heavy atom. The number of benzene rings is 4. The number of ether oxygens (including phenoxy) is 2. The van der Waals surface area contributed by atoms with Crippen molar-refractivity contribution in [3.8, 4) is 68.2 Å². The van der Waals surface area contributed by atoms with Crippen molar-refractivity contribution in [2.45, 2.75) is 129 Å². The summed E-state index contributed by atoms with van der Waals surface area (Å²) in [7, 11) is 2.81. The number of aromatic amines is 2. The van der Waals surface area contributed by atoms with Crippen molar-refractivity contribution in [1.82, 2.24) is 19.9 Å². The summed E-state index contributed by atoms with van der Waals surface area (Å²) in [6, 6.07) is 40.0. The Morgan fingerprint density at radius 2 is 0.725 bits per heavy atom. The number of fused-ring (bicyclic) bond motifs is 8. The van der Waals surface area contributed by atoms with E-state index in [2.05, 4.69) is 108 Å². The highest BCUT2D eigenvalue weighted by Crippen LogP contribution is 2.40. The van der Waals surface area contributed by atoms with Crippen LogP contribution < -0.4 is 0 Å². The molecular weight excluding hydrogens is 985 g/mol. The van der Waals surface area contributed by atoms with Crippen LogP contribution in [-0.2, 0) is 9.47 Å². The van der Waals surface area contributed by atoms with Gasteiger partial charge in [-0.2, -0.15) is 0 Å². The maximum atomic E-state index is 13.6. The molecular formula is C72H74N4O4. The van der Waals surface area contributed by atoms with E-state index < -0.39 is 11.9 Å². The standard InChI is InChI=1S/C72H74N4O4/c1-5-7-9-11-13-15-17-19-21-23-29-51-35-39-53(40-36-51)67-59-43-47-63(73-59)69(55-31-25-27-33-57(55)71(77)79-3)65-49-45-61(75-65)68(54-41-37-52(38-42-54)30-24-22-20-18-16-14-12-10-8-6-2)62-46-50-66(76-62)70(64-48-44-60(67)74-64)56-32-26-28-34-58(56)72(78)80-4/h25-28,31-50,73,76H,5-22H2,1-4H3. The van der Waals surface area contributed by atoms with Crippen molar-refractivity contribution in [3.05, 3.63) is 166 Å². The Hall–Kier alpha value is -8.46. The highest BCUT2D eigenvalue weighted by atomic mass is 16.5. The monoisotopic (exact) mass is 1060 g/mol. The molecule has 8 bridgehead atoms. The zero-order chi connectivity index (χ0) is 55.5. The summed E-state index contributed by atoms with van der Waals surface area (Å²) in [5.41, 5.74) is 15.0. The minimum atomic E-state index is -0.450. The first kappa shape index (κ1) is 56.3. The first-order chi connectivity index (χ1) is 39.4. The van der Waals surface area contributed by atoms with Crippen LogP contribution in [-0.4, -0.2) is 46.1 Å². The van der Waals surface area contributed by atoms with Gasteiger partial charge in [0.1, 0.15) is 0 Å². The Balaban J connectivity index is 1.21. The van der Waals surface area contributed by atoms with Crippen molar-refractivity contribution < 1.29 is 19.1 Å². The van der Waals surface area contributed by atoms with Gasteiger partial charge in [0.25, 0.3) is 0 Å². The fourth-order valence-corrected chi connectivity index (χ4v) is 10.8. The Kier molecular flexibility index (Phi) is 20.0. The molecule has 8 heteroatoms. The van der Waals surface area contributed by atoms with Gasteiger partial charge in [0.05, 0.1) is 48.1 Å². The lowest BCUT2D eigenvalue weighted by molar-refractivity contribution is 0.0592. The number of nitrogens with zero attached hydrogens (tertiary/aromatic N) is 2. The van der Waals surface area contributed by atoms with E-state index in [4.69, 9.17) is 19.4 Å². The van der Waals surface area contributed by atoms with Gasteiger partial charge in [-0.1, -0.05) is 188 Å². The average molecular weight is 1060 g/mol. The lowest BCUT2D eigenvalue weighted by atomic mass is 9.98. The number of carbonyl (C=O) groups is 2. The normalized spacial score (nSPS) is 11.4. The van der Waals surface area contributed by atoms with Crippen molar-refractivity contribution in [1.29, 1.82) is 0 Å². The van der Waals surface area contributed by atoms with E-state index in [1.165, 1.54) is 104 Å². The van der Waals surface area contributed by atoms with Crippen molar-refractivity contribution in [3.63, 3.8) is 0 Å². The summed E-state index contributed by atoms with van der Waals surface area (Å²) in [5, 5.41) is 0. The molecule has 406 valence electrons. The number of H-pyrrole nitrogens is 2. The van der Waals surface area contributed by atoms with Gasteiger partial charge >= 0.3 is 11.9 Å².